The second-order valence-electron chi connectivity index (χ2n) is 18.5. The van der Waals surface area contributed by atoms with Gasteiger partial charge in [0.05, 0.1) is 25.3 Å². The molecule has 4 amide bonds. The van der Waals surface area contributed by atoms with Gasteiger partial charge in [0.25, 0.3) is 6.43 Å². The Morgan fingerprint density at radius 2 is 1.61 bits per heavy atom. The summed E-state index contributed by atoms with van der Waals surface area (Å²) in [6.45, 7) is 11.6. The molecule has 360 valence electrons. The lowest BCUT2D eigenvalue weighted by molar-refractivity contribution is -0.137. The molecule has 0 radical (unpaired) electrons. The lowest BCUT2D eigenvalue weighted by atomic mass is 9.81. The number of likely N-dealkylation sites (N-methyl/N-ethyl adjacent to an activating group) is 1. The molecule has 18 heteroatoms. The van der Waals surface area contributed by atoms with Gasteiger partial charge in [-0.05, 0) is 92.7 Å². The van der Waals surface area contributed by atoms with Gasteiger partial charge < -0.3 is 20.0 Å². The molecule has 2 aromatic carbocycles. The maximum Gasteiger partial charge on any atom is 0.264 e. The van der Waals surface area contributed by atoms with E-state index < -0.39 is 11.8 Å². The molecule has 5 aliphatic rings. The quantitative estimate of drug-likeness (QED) is 0.101. The number of carbonyl (C=O) groups excluding carboxylic acids is 6. The molecule has 8 rings (SSSR count). The van der Waals surface area contributed by atoms with E-state index in [9.17, 15) is 43.0 Å². The van der Waals surface area contributed by atoms with Crippen molar-refractivity contribution in [2.75, 3.05) is 58.3 Å². The number of fused-ring (bicyclic) bond motifs is 2. The average molecular weight is 927 g/mol. The summed E-state index contributed by atoms with van der Waals surface area (Å²) in [6.07, 6.45) is 6.65. The first kappa shape index (κ1) is 50.3. The number of imide groups is 1. The van der Waals surface area contributed by atoms with E-state index in [2.05, 4.69) is 15.7 Å². The minimum atomic E-state index is -2.73. The number of hydrogen-bond acceptors (Lipinski definition) is 11. The van der Waals surface area contributed by atoms with Crippen molar-refractivity contribution in [1.82, 2.24) is 40.0 Å². The third-order valence-corrected chi connectivity index (χ3v) is 13.1. The van der Waals surface area contributed by atoms with Crippen LogP contribution in [0.2, 0.25) is 0 Å². The molecule has 1 atom stereocenters. The Bertz CT molecular complexity index is 2370. The molecule has 2 saturated heterocycles. The summed E-state index contributed by atoms with van der Waals surface area (Å²) in [4.78, 5) is 79.4. The Labute approximate surface area is 391 Å². The van der Waals surface area contributed by atoms with Gasteiger partial charge in [-0.3, -0.25) is 54.0 Å². The molecule has 0 bridgehead atoms. The molecule has 16 nitrogen and oxygen atoms in total. The fourth-order valence-electron chi connectivity index (χ4n) is 9.74. The van der Waals surface area contributed by atoms with Crippen LogP contribution in [0.3, 0.4) is 0 Å². The highest BCUT2D eigenvalue weighted by Crippen LogP contribution is 2.41. The number of hydrogen-bond donors (Lipinski definition) is 3. The van der Waals surface area contributed by atoms with E-state index in [0.29, 0.717) is 117 Å². The first-order valence-electron chi connectivity index (χ1n) is 23.1. The second-order valence-corrected chi connectivity index (χ2v) is 18.5. The van der Waals surface area contributed by atoms with Crippen molar-refractivity contribution in [1.29, 1.82) is 5.41 Å². The standard InChI is InChI=1S/C40H46F2N8O4.C7H12N2O2.C2H6/c1-40(2)23-48(24-53)19-34(39(43)50-8-4-5-25-13-32(30-15-44-46(3)16-30)33(38(41)42)14-35(25)50)37(40)45-31-6-9-49(10-7-31)36(54)20-47-17-26-11-28(21-51)29(22-52)12-27(26)18-47;1-9(2)5-3-4-6(10)8-7(5)11;1-2/h11-16,21-22,24,31,38,43,45H,4-10,17-20,23H2,1-3H3;5H,3-4H2,1-2H3,(H,8,10,11);1-2H3. The molecule has 1 unspecified atom stereocenters. The third-order valence-electron chi connectivity index (χ3n) is 13.1. The zero-order valence-electron chi connectivity index (χ0n) is 39.7. The Hall–Kier alpha value is -6.14. The number of piperidine rings is 2. The second kappa shape index (κ2) is 21.7. The van der Waals surface area contributed by atoms with Gasteiger partial charge in [0.15, 0.2) is 12.6 Å². The Balaban J connectivity index is 0.000000497. The molecule has 67 heavy (non-hydrogen) atoms. The van der Waals surface area contributed by atoms with Crippen molar-refractivity contribution < 1.29 is 37.5 Å². The first-order chi connectivity index (χ1) is 32.0. The Morgan fingerprint density at radius 1 is 0.955 bits per heavy atom. The average Bonchev–Trinajstić information content (AvgIpc) is 3.93. The number of nitrogens with one attached hydrogen (secondary N) is 3. The van der Waals surface area contributed by atoms with Crippen LogP contribution in [0.5, 0.6) is 0 Å². The zero-order valence-corrected chi connectivity index (χ0v) is 39.7. The van der Waals surface area contributed by atoms with Crippen LogP contribution in [-0.2, 0) is 45.7 Å². The van der Waals surface area contributed by atoms with E-state index in [1.807, 2.05) is 67.5 Å². The minimum absolute atomic E-state index is 0.0207. The van der Waals surface area contributed by atoms with Crippen LogP contribution >= 0.6 is 0 Å². The molecule has 3 aromatic rings. The Morgan fingerprint density at radius 3 is 2.16 bits per heavy atom. The summed E-state index contributed by atoms with van der Waals surface area (Å²) >= 11 is 0. The maximum atomic E-state index is 14.6. The van der Waals surface area contributed by atoms with E-state index in [4.69, 9.17) is 0 Å². The van der Waals surface area contributed by atoms with Crippen LogP contribution in [0.4, 0.5) is 14.5 Å². The van der Waals surface area contributed by atoms with Gasteiger partial charge in [-0.25, -0.2) is 8.78 Å². The third kappa shape index (κ3) is 11.4. The van der Waals surface area contributed by atoms with Crippen molar-refractivity contribution in [3.8, 4) is 11.1 Å². The monoisotopic (exact) mass is 926 g/mol. The molecule has 0 aliphatic carbocycles. The van der Waals surface area contributed by atoms with Crippen LogP contribution in [-0.4, -0.2) is 137 Å². The van der Waals surface area contributed by atoms with Crippen LogP contribution in [0, 0.1) is 10.8 Å². The van der Waals surface area contributed by atoms with Crippen molar-refractivity contribution in [3.63, 3.8) is 0 Å². The van der Waals surface area contributed by atoms with Gasteiger partial charge in [0, 0.05) is 110 Å². The summed E-state index contributed by atoms with van der Waals surface area (Å²) in [5, 5.41) is 19.8. The summed E-state index contributed by atoms with van der Waals surface area (Å²) in [5.41, 5.74) is 6.04. The van der Waals surface area contributed by atoms with Crippen LogP contribution in [0.15, 0.2) is 47.9 Å². The number of rotatable bonds is 11. The summed E-state index contributed by atoms with van der Waals surface area (Å²) in [6, 6.07) is 6.70. The number of anilines is 1. The molecule has 0 spiro atoms. The van der Waals surface area contributed by atoms with Crippen molar-refractivity contribution in [3.05, 3.63) is 81.3 Å². The van der Waals surface area contributed by atoms with Gasteiger partial charge in [0.1, 0.15) is 5.84 Å². The minimum Gasteiger partial charge on any atom is -0.385 e. The molecular formula is C49H64F2N10O6. The number of nitrogens with zero attached hydrogens (tertiary/aromatic N) is 7. The fraction of sp³-hybridized carbons (Fsp3) is 0.510. The van der Waals surface area contributed by atoms with Gasteiger partial charge in [0.2, 0.25) is 24.1 Å². The maximum absolute atomic E-state index is 14.6. The number of aromatic nitrogens is 2. The van der Waals surface area contributed by atoms with Gasteiger partial charge in [-0.1, -0.05) is 27.7 Å². The topological polar surface area (TPSA) is 184 Å². The number of carbonyl (C=O) groups is 6. The lowest BCUT2D eigenvalue weighted by Crippen LogP contribution is -2.53. The van der Waals surface area contributed by atoms with Crippen LogP contribution in [0.25, 0.3) is 11.1 Å². The van der Waals surface area contributed by atoms with E-state index in [1.54, 1.807) is 41.2 Å². The first-order valence-corrected chi connectivity index (χ1v) is 23.1. The number of halogens is 2. The molecule has 1 aromatic heterocycles. The number of aryl methyl sites for hydroxylation is 2. The van der Waals surface area contributed by atoms with E-state index >= 15 is 0 Å². The van der Waals surface area contributed by atoms with Crippen molar-refractivity contribution in [2.24, 2.45) is 12.5 Å². The van der Waals surface area contributed by atoms with Crippen LogP contribution in [0.1, 0.15) is 109 Å². The predicted molar refractivity (Wildman–Crippen MR) is 251 cm³/mol. The highest BCUT2D eigenvalue weighted by atomic mass is 19.3. The van der Waals surface area contributed by atoms with E-state index in [-0.39, 0.29) is 54.3 Å². The Kier molecular flexibility index (Phi) is 16.3. The van der Waals surface area contributed by atoms with Gasteiger partial charge >= 0.3 is 0 Å². The normalized spacial score (nSPS) is 19.4. The number of amides is 4. The number of benzene rings is 2. The number of amidine groups is 1. The summed E-state index contributed by atoms with van der Waals surface area (Å²) < 4.78 is 30.7. The van der Waals surface area contributed by atoms with Gasteiger partial charge in [-0.15, -0.1) is 0 Å². The largest absolute Gasteiger partial charge is 0.385 e. The predicted octanol–water partition coefficient (Wildman–Crippen LogP) is 5.11. The number of alkyl halides is 2. The van der Waals surface area contributed by atoms with Crippen LogP contribution < -0.4 is 15.5 Å². The van der Waals surface area contributed by atoms with Crippen molar-refractivity contribution >= 4 is 48.2 Å². The number of aldehydes is 2. The molecule has 3 N–H and O–H groups in total. The van der Waals surface area contributed by atoms with E-state index in [1.165, 1.54) is 6.07 Å². The fourth-order valence-corrected chi connectivity index (χ4v) is 9.74. The molecule has 5 aliphatic heterocycles. The molecule has 6 heterocycles. The summed E-state index contributed by atoms with van der Waals surface area (Å²) in [7, 11) is 5.42. The molecular weight excluding hydrogens is 863 g/mol. The number of likely N-dealkylation sites (tertiary alicyclic amines) is 1. The SMILES string of the molecule is CC.CN(C)C1CCC(=O)NC1=O.Cn1cc(-c2cc3c(cc2C(F)F)N(C(=N)C2=C(NC4CCN(C(=O)CN5Cc6cc(C=O)c(C=O)cc6C5)CC4)C(C)(C)CN(C=O)C2)CCC3)cn1. The van der Waals surface area contributed by atoms with Gasteiger partial charge in [-0.2, -0.15) is 5.10 Å². The summed E-state index contributed by atoms with van der Waals surface area (Å²) in [5.74, 6) is -0.126. The molecule has 0 saturated carbocycles. The smallest absolute Gasteiger partial charge is 0.264 e. The highest BCUT2D eigenvalue weighted by Gasteiger charge is 2.39. The highest BCUT2D eigenvalue weighted by molar-refractivity contribution is 6.09. The lowest BCUT2D eigenvalue weighted by Gasteiger charge is -2.44. The van der Waals surface area contributed by atoms with E-state index in [0.717, 1.165) is 35.2 Å². The zero-order chi connectivity index (χ0) is 48.7. The molecule has 2 fully saturated rings. The van der Waals surface area contributed by atoms with Crippen molar-refractivity contribution in [2.45, 2.75) is 97.8 Å².